The second kappa shape index (κ2) is 5.43. The molecule has 0 radical (unpaired) electrons. The van der Waals surface area contributed by atoms with Crippen LogP contribution in [0.15, 0.2) is 48.5 Å². The van der Waals surface area contributed by atoms with Crippen LogP contribution in [0.5, 0.6) is 0 Å². The van der Waals surface area contributed by atoms with Gasteiger partial charge in [-0.2, -0.15) is 0 Å². The number of fused-ring (bicyclic) bond motifs is 3. The number of rotatable bonds is 4. The van der Waals surface area contributed by atoms with Crippen molar-refractivity contribution in [3.05, 3.63) is 48.5 Å². The summed E-state index contributed by atoms with van der Waals surface area (Å²) in [7, 11) is 0. The van der Waals surface area contributed by atoms with Crippen molar-refractivity contribution in [3.63, 3.8) is 0 Å². The highest BCUT2D eigenvalue weighted by Crippen LogP contribution is 2.30. The van der Waals surface area contributed by atoms with E-state index in [0.717, 1.165) is 19.0 Å². The van der Waals surface area contributed by atoms with Crippen molar-refractivity contribution < 1.29 is 0 Å². The number of aromatic nitrogens is 1. The molecule has 104 valence electrons. The number of para-hydroxylation sites is 2. The predicted octanol–water partition coefficient (Wildman–Crippen LogP) is 5.73. The Labute approximate surface area is 129 Å². The maximum atomic E-state index is 6.20. The standard InChI is InChI=1S/C16H17Cl2NSi/c1-20(17,18)12-6-11-19-15-9-4-2-7-13(15)14-8-3-5-10-16(14)19/h2-5,7-10H,6,11-12H2,1H3. The Balaban J connectivity index is 2.03. The maximum Gasteiger partial charge on any atom is 0.248 e. The highest BCUT2D eigenvalue weighted by Gasteiger charge is 2.20. The van der Waals surface area contributed by atoms with Crippen LogP contribution in [0, 0.1) is 0 Å². The molecule has 2 aromatic carbocycles. The van der Waals surface area contributed by atoms with Crippen LogP contribution >= 0.6 is 22.2 Å². The number of benzene rings is 2. The van der Waals surface area contributed by atoms with Crippen LogP contribution in [-0.4, -0.2) is 11.3 Å². The predicted molar refractivity (Wildman–Crippen MR) is 92.2 cm³/mol. The smallest absolute Gasteiger partial charge is 0.248 e. The monoisotopic (exact) mass is 321 g/mol. The molecule has 1 nitrogen and oxygen atoms in total. The summed E-state index contributed by atoms with van der Waals surface area (Å²) >= 11 is 12.4. The van der Waals surface area contributed by atoms with E-state index >= 15 is 0 Å². The van der Waals surface area contributed by atoms with Gasteiger partial charge in [-0.05, 0) is 31.1 Å². The van der Waals surface area contributed by atoms with Gasteiger partial charge >= 0.3 is 0 Å². The van der Waals surface area contributed by atoms with E-state index in [2.05, 4.69) is 53.1 Å². The fraction of sp³-hybridized carbons (Fsp3) is 0.250. The molecule has 0 saturated heterocycles. The largest absolute Gasteiger partial charge is 0.340 e. The maximum absolute atomic E-state index is 6.20. The fourth-order valence-electron chi connectivity index (χ4n) is 2.79. The lowest BCUT2D eigenvalue weighted by molar-refractivity contribution is 0.720. The molecule has 1 heterocycles. The first-order valence-corrected chi connectivity index (χ1v) is 11.6. The van der Waals surface area contributed by atoms with Gasteiger partial charge in [0.2, 0.25) is 6.69 Å². The van der Waals surface area contributed by atoms with Crippen molar-refractivity contribution in [2.24, 2.45) is 0 Å². The zero-order valence-electron chi connectivity index (χ0n) is 11.4. The van der Waals surface area contributed by atoms with Gasteiger partial charge in [-0.3, -0.25) is 0 Å². The van der Waals surface area contributed by atoms with Crippen LogP contribution < -0.4 is 0 Å². The van der Waals surface area contributed by atoms with Crippen molar-refractivity contribution in [1.82, 2.24) is 4.57 Å². The van der Waals surface area contributed by atoms with Crippen LogP contribution in [0.2, 0.25) is 12.6 Å². The zero-order valence-corrected chi connectivity index (χ0v) is 14.0. The summed E-state index contributed by atoms with van der Waals surface area (Å²) in [5.41, 5.74) is 2.59. The van der Waals surface area contributed by atoms with E-state index in [1.165, 1.54) is 21.8 Å². The van der Waals surface area contributed by atoms with Gasteiger partial charge < -0.3 is 4.57 Å². The van der Waals surface area contributed by atoms with Gasteiger partial charge in [0, 0.05) is 28.4 Å². The topological polar surface area (TPSA) is 4.93 Å². The third kappa shape index (κ3) is 2.73. The molecule has 0 spiro atoms. The molecular weight excluding hydrogens is 305 g/mol. The van der Waals surface area contributed by atoms with E-state index in [0.29, 0.717) is 0 Å². The van der Waals surface area contributed by atoms with Crippen LogP contribution in [0.3, 0.4) is 0 Å². The SMILES string of the molecule is C[Si](Cl)(Cl)CCCn1c2ccccc2c2ccccc21. The Hall–Kier alpha value is -0.963. The normalized spacial score (nSPS) is 12.3. The van der Waals surface area contributed by atoms with Crippen molar-refractivity contribution >= 4 is 50.7 Å². The summed E-state index contributed by atoms with van der Waals surface area (Å²) in [4.78, 5) is 0. The lowest BCUT2D eigenvalue weighted by Crippen LogP contribution is -2.13. The van der Waals surface area contributed by atoms with E-state index < -0.39 is 6.69 Å². The molecule has 0 saturated carbocycles. The number of nitrogens with zero attached hydrogens (tertiary/aromatic N) is 1. The van der Waals surface area contributed by atoms with Gasteiger partial charge in [-0.25, -0.2) is 0 Å². The second-order valence-electron chi connectivity index (χ2n) is 5.36. The molecule has 3 rings (SSSR count). The average molecular weight is 322 g/mol. The lowest BCUT2D eigenvalue weighted by Gasteiger charge is -2.11. The van der Waals surface area contributed by atoms with E-state index in [1.807, 2.05) is 6.55 Å². The molecule has 1 aromatic heterocycles. The molecule has 0 unspecified atom stereocenters. The van der Waals surface area contributed by atoms with Crippen molar-refractivity contribution in [1.29, 1.82) is 0 Å². The summed E-state index contributed by atoms with van der Waals surface area (Å²) in [5, 5.41) is 2.64. The summed E-state index contributed by atoms with van der Waals surface area (Å²) in [6, 6.07) is 18.1. The van der Waals surface area contributed by atoms with E-state index in [9.17, 15) is 0 Å². The summed E-state index contributed by atoms with van der Waals surface area (Å²) in [6.45, 7) is 0.962. The molecule has 4 heteroatoms. The first-order valence-electron chi connectivity index (χ1n) is 6.90. The minimum Gasteiger partial charge on any atom is -0.340 e. The molecule has 0 atom stereocenters. The fourth-order valence-corrected chi connectivity index (χ4v) is 4.37. The molecule has 0 fully saturated rings. The highest BCUT2D eigenvalue weighted by atomic mass is 35.7. The van der Waals surface area contributed by atoms with E-state index in [1.54, 1.807) is 0 Å². The van der Waals surface area contributed by atoms with Crippen molar-refractivity contribution in [2.75, 3.05) is 0 Å². The first-order chi connectivity index (χ1) is 9.56. The molecule has 3 aromatic rings. The summed E-state index contributed by atoms with van der Waals surface area (Å²) in [6.07, 6.45) is 1.03. The van der Waals surface area contributed by atoms with Crippen molar-refractivity contribution in [3.8, 4) is 0 Å². The first kappa shape index (κ1) is 14.0. The molecule has 0 aliphatic rings. The lowest BCUT2D eigenvalue weighted by atomic mass is 10.2. The molecule has 0 amide bonds. The number of hydrogen-bond donors (Lipinski definition) is 0. The van der Waals surface area contributed by atoms with Crippen LogP contribution in [-0.2, 0) is 6.54 Å². The second-order valence-corrected chi connectivity index (χ2v) is 13.6. The zero-order chi connectivity index (χ0) is 14.2. The molecular formula is C16H17Cl2NSi. The van der Waals surface area contributed by atoms with E-state index in [4.69, 9.17) is 22.2 Å². The molecule has 0 aliphatic heterocycles. The van der Waals surface area contributed by atoms with Crippen molar-refractivity contribution in [2.45, 2.75) is 25.6 Å². The van der Waals surface area contributed by atoms with Gasteiger partial charge in [0.25, 0.3) is 0 Å². The van der Waals surface area contributed by atoms with Gasteiger partial charge in [0.1, 0.15) is 0 Å². The quantitative estimate of drug-likeness (QED) is 0.427. The molecule has 0 bridgehead atoms. The summed E-state index contributed by atoms with van der Waals surface area (Å²) in [5.74, 6) is 0. The number of halogens is 2. The molecule has 20 heavy (non-hydrogen) atoms. The Morgan fingerprint density at radius 1 is 0.900 bits per heavy atom. The molecule has 0 aliphatic carbocycles. The Morgan fingerprint density at radius 2 is 1.40 bits per heavy atom. The van der Waals surface area contributed by atoms with E-state index in [-0.39, 0.29) is 0 Å². The van der Waals surface area contributed by atoms with Crippen LogP contribution in [0.1, 0.15) is 6.42 Å². The molecule has 0 N–H and O–H groups in total. The number of hydrogen-bond acceptors (Lipinski definition) is 0. The van der Waals surface area contributed by atoms with Crippen LogP contribution in [0.4, 0.5) is 0 Å². The van der Waals surface area contributed by atoms with Gasteiger partial charge in [0.05, 0.1) is 0 Å². The Kier molecular flexibility index (Phi) is 3.80. The summed E-state index contributed by atoms with van der Waals surface area (Å²) < 4.78 is 2.39. The third-order valence-corrected chi connectivity index (χ3v) is 6.04. The minimum absolute atomic E-state index is 0.928. The third-order valence-electron chi connectivity index (χ3n) is 3.68. The van der Waals surface area contributed by atoms with Gasteiger partial charge in [-0.1, -0.05) is 36.4 Å². The average Bonchev–Trinajstić information content (AvgIpc) is 2.73. The van der Waals surface area contributed by atoms with Crippen LogP contribution in [0.25, 0.3) is 21.8 Å². The highest BCUT2D eigenvalue weighted by molar-refractivity contribution is 7.44. The van der Waals surface area contributed by atoms with Gasteiger partial charge in [0.15, 0.2) is 0 Å². The Bertz CT molecular complexity index is 690. The Morgan fingerprint density at radius 3 is 1.90 bits per heavy atom. The number of aryl methyl sites for hydroxylation is 1. The van der Waals surface area contributed by atoms with Gasteiger partial charge in [-0.15, -0.1) is 22.2 Å². The minimum atomic E-state index is -1.99.